The van der Waals surface area contributed by atoms with Crippen LogP contribution in [0.5, 0.6) is 0 Å². The SMILES string of the molecule is O=C(O)C1=Cc2ccccc21.O=C(O)C1=Cc2ccccc21.OCCO. The number of hydrogen-bond donors (Lipinski definition) is 4. The van der Waals surface area contributed by atoms with E-state index < -0.39 is 11.9 Å². The Morgan fingerprint density at radius 2 is 1.00 bits per heavy atom. The first-order chi connectivity index (χ1) is 12.5. The van der Waals surface area contributed by atoms with E-state index in [-0.39, 0.29) is 13.2 Å². The van der Waals surface area contributed by atoms with Gasteiger partial charge in [0.1, 0.15) is 0 Å². The fourth-order valence-corrected chi connectivity index (χ4v) is 2.40. The van der Waals surface area contributed by atoms with Crippen LogP contribution in [0.4, 0.5) is 0 Å². The van der Waals surface area contributed by atoms with Crippen molar-refractivity contribution in [2.24, 2.45) is 0 Å². The molecule has 2 aliphatic carbocycles. The number of benzene rings is 2. The molecule has 134 valence electrons. The van der Waals surface area contributed by atoms with Gasteiger partial charge >= 0.3 is 11.9 Å². The lowest BCUT2D eigenvalue weighted by molar-refractivity contribution is -0.131. The zero-order valence-electron chi connectivity index (χ0n) is 13.8. The Bertz CT molecular complexity index is 806. The van der Waals surface area contributed by atoms with Crippen molar-refractivity contribution in [1.82, 2.24) is 0 Å². The molecule has 0 radical (unpaired) electrons. The van der Waals surface area contributed by atoms with Gasteiger partial charge < -0.3 is 20.4 Å². The number of carbonyl (C=O) groups is 2. The van der Waals surface area contributed by atoms with Crippen molar-refractivity contribution in [3.05, 3.63) is 70.8 Å². The van der Waals surface area contributed by atoms with Crippen LogP contribution in [0.3, 0.4) is 0 Å². The zero-order valence-corrected chi connectivity index (χ0v) is 13.8. The first kappa shape index (κ1) is 19.1. The second-order valence-electron chi connectivity index (χ2n) is 5.35. The normalized spacial score (nSPS) is 12.1. The van der Waals surface area contributed by atoms with Crippen LogP contribution in [0.2, 0.25) is 0 Å². The van der Waals surface area contributed by atoms with Gasteiger partial charge in [0.25, 0.3) is 0 Å². The van der Waals surface area contributed by atoms with Gasteiger partial charge in [-0.2, -0.15) is 0 Å². The number of aliphatic hydroxyl groups is 2. The Morgan fingerprint density at radius 1 is 0.654 bits per heavy atom. The summed E-state index contributed by atoms with van der Waals surface area (Å²) < 4.78 is 0. The molecule has 0 atom stereocenters. The van der Waals surface area contributed by atoms with E-state index in [9.17, 15) is 9.59 Å². The molecule has 2 aromatic rings. The fourth-order valence-electron chi connectivity index (χ4n) is 2.40. The molecule has 0 heterocycles. The van der Waals surface area contributed by atoms with E-state index in [0.29, 0.717) is 11.1 Å². The van der Waals surface area contributed by atoms with Gasteiger partial charge in [-0.05, 0) is 34.4 Å². The number of aliphatic carboxylic acids is 2. The van der Waals surface area contributed by atoms with Gasteiger partial charge in [0, 0.05) is 0 Å². The van der Waals surface area contributed by atoms with Crippen molar-refractivity contribution in [2.45, 2.75) is 0 Å². The Labute approximate surface area is 150 Å². The molecule has 0 unspecified atom stereocenters. The molecule has 0 spiro atoms. The van der Waals surface area contributed by atoms with Crippen LogP contribution in [0.15, 0.2) is 48.5 Å². The smallest absolute Gasteiger partial charge is 0.336 e. The van der Waals surface area contributed by atoms with Crippen molar-refractivity contribution in [2.75, 3.05) is 13.2 Å². The number of carboxylic acid groups (broad SMARTS) is 2. The summed E-state index contributed by atoms with van der Waals surface area (Å²) in [5.41, 5.74) is 4.57. The van der Waals surface area contributed by atoms with Crippen molar-refractivity contribution in [3.63, 3.8) is 0 Å². The van der Waals surface area contributed by atoms with Crippen LogP contribution >= 0.6 is 0 Å². The number of fused-ring (bicyclic) bond motifs is 2. The van der Waals surface area contributed by atoms with Gasteiger partial charge in [-0.3, -0.25) is 0 Å². The maximum Gasteiger partial charge on any atom is 0.336 e. The van der Waals surface area contributed by atoms with E-state index in [0.717, 1.165) is 22.3 Å². The third-order valence-corrected chi connectivity index (χ3v) is 3.66. The highest BCUT2D eigenvalue weighted by atomic mass is 16.4. The summed E-state index contributed by atoms with van der Waals surface area (Å²) in [5, 5.41) is 32.5. The predicted molar refractivity (Wildman–Crippen MR) is 98.1 cm³/mol. The number of hydrogen-bond acceptors (Lipinski definition) is 4. The highest BCUT2D eigenvalue weighted by molar-refractivity contribution is 6.27. The summed E-state index contributed by atoms with van der Waals surface area (Å²) in [6, 6.07) is 14.9. The van der Waals surface area contributed by atoms with Crippen LogP contribution in [-0.4, -0.2) is 45.6 Å². The lowest BCUT2D eigenvalue weighted by Gasteiger charge is -2.15. The Balaban J connectivity index is 0.000000156. The van der Waals surface area contributed by atoms with Gasteiger partial charge in [-0.25, -0.2) is 9.59 Å². The second kappa shape index (κ2) is 8.75. The maximum absolute atomic E-state index is 10.5. The summed E-state index contributed by atoms with van der Waals surface area (Å²) in [6.45, 7) is -0.250. The molecule has 26 heavy (non-hydrogen) atoms. The molecule has 4 rings (SSSR count). The van der Waals surface area contributed by atoms with Gasteiger partial charge in [0.15, 0.2) is 0 Å². The molecule has 0 aliphatic heterocycles. The minimum absolute atomic E-state index is 0.125. The highest BCUT2D eigenvalue weighted by Crippen LogP contribution is 2.32. The lowest BCUT2D eigenvalue weighted by Crippen LogP contribution is -2.07. The molecule has 2 aromatic carbocycles. The molecule has 6 nitrogen and oxygen atoms in total. The molecule has 2 aliphatic rings. The van der Waals surface area contributed by atoms with Crippen LogP contribution in [0.1, 0.15) is 22.3 Å². The lowest BCUT2D eigenvalue weighted by atomic mass is 9.89. The quantitative estimate of drug-likeness (QED) is 0.672. The summed E-state index contributed by atoms with van der Waals surface area (Å²) in [7, 11) is 0. The molecule has 0 saturated carbocycles. The molecule has 0 fully saturated rings. The number of aliphatic hydroxyl groups excluding tert-OH is 2. The third kappa shape index (κ3) is 4.24. The standard InChI is InChI=1S/2C9H6O2.C2H6O2/c2*10-9(11)8-5-6-3-1-2-4-7(6)8;3-1-2-4/h2*1-5H,(H,10,11);3-4H,1-2H2. The van der Waals surface area contributed by atoms with E-state index in [2.05, 4.69) is 0 Å². The molecule has 0 aromatic heterocycles. The molecular formula is C20H18O6. The monoisotopic (exact) mass is 354 g/mol. The van der Waals surface area contributed by atoms with E-state index in [1.165, 1.54) is 0 Å². The fraction of sp³-hybridized carbons (Fsp3) is 0.100. The zero-order chi connectivity index (χ0) is 19.1. The van der Waals surface area contributed by atoms with Gasteiger partial charge in [-0.15, -0.1) is 0 Å². The van der Waals surface area contributed by atoms with Crippen LogP contribution in [0.25, 0.3) is 23.3 Å². The highest BCUT2D eigenvalue weighted by Gasteiger charge is 2.21. The summed E-state index contributed by atoms with van der Waals surface area (Å²) in [4.78, 5) is 21.0. The van der Waals surface area contributed by atoms with E-state index in [1.54, 1.807) is 12.2 Å². The van der Waals surface area contributed by atoms with E-state index in [4.69, 9.17) is 20.4 Å². The van der Waals surface area contributed by atoms with Crippen LogP contribution in [0, 0.1) is 0 Å². The van der Waals surface area contributed by atoms with E-state index in [1.807, 2.05) is 48.5 Å². The van der Waals surface area contributed by atoms with Crippen molar-refractivity contribution in [1.29, 1.82) is 0 Å². The average Bonchev–Trinajstić information content (AvgIpc) is 2.57. The maximum atomic E-state index is 10.5. The topological polar surface area (TPSA) is 115 Å². The Morgan fingerprint density at radius 3 is 1.27 bits per heavy atom. The average molecular weight is 354 g/mol. The molecule has 0 amide bonds. The van der Waals surface area contributed by atoms with Gasteiger partial charge in [-0.1, -0.05) is 48.5 Å². The summed E-state index contributed by atoms with van der Waals surface area (Å²) in [5.74, 6) is -1.69. The molecule has 0 saturated heterocycles. The minimum Gasteiger partial charge on any atom is -0.478 e. The van der Waals surface area contributed by atoms with Crippen LogP contribution in [-0.2, 0) is 9.59 Å². The van der Waals surface area contributed by atoms with Crippen molar-refractivity contribution < 1.29 is 30.0 Å². The summed E-state index contributed by atoms with van der Waals surface area (Å²) in [6.07, 6.45) is 3.36. The van der Waals surface area contributed by atoms with Gasteiger partial charge in [0.05, 0.1) is 24.4 Å². The number of rotatable bonds is 3. The third-order valence-electron chi connectivity index (χ3n) is 3.66. The van der Waals surface area contributed by atoms with Crippen molar-refractivity contribution in [3.8, 4) is 0 Å². The second-order valence-corrected chi connectivity index (χ2v) is 5.35. The van der Waals surface area contributed by atoms with Crippen LogP contribution < -0.4 is 0 Å². The minimum atomic E-state index is -0.844. The first-order valence-electron chi connectivity index (χ1n) is 7.80. The largest absolute Gasteiger partial charge is 0.478 e. The molecule has 6 heteroatoms. The first-order valence-corrected chi connectivity index (χ1v) is 7.80. The molecule has 0 bridgehead atoms. The summed E-state index contributed by atoms with van der Waals surface area (Å²) >= 11 is 0. The van der Waals surface area contributed by atoms with Gasteiger partial charge in [0.2, 0.25) is 0 Å². The van der Waals surface area contributed by atoms with E-state index >= 15 is 0 Å². The Hall–Kier alpha value is -3.22. The number of carboxylic acids is 2. The predicted octanol–water partition coefficient (Wildman–Crippen LogP) is 2.22. The molecule has 4 N–H and O–H groups in total. The Kier molecular flexibility index (Phi) is 6.43. The molecular weight excluding hydrogens is 336 g/mol. The van der Waals surface area contributed by atoms with Crippen molar-refractivity contribution >= 4 is 35.2 Å².